The number of rotatable bonds is 7. The van der Waals surface area contributed by atoms with Crippen molar-refractivity contribution >= 4 is 21.6 Å². The van der Waals surface area contributed by atoms with E-state index in [1.54, 1.807) is 6.92 Å². The van der Waals surface area contributed by atoms with E-state index in [1.165, 1.54) is 12.1 Å². The van der Waals surface area contributed by atoms with E-state index in [2.05, 4.69) is 12.2 Å². The number of hydrogen-bond donors (Lipinski definition) is 2. The van der Waals surface area contributed by atoms with Crippen molar-refractivity contribution in [3.05, 3.63) is 23.3 Å². The Morgan fingerprint density at radius 3 is 2.43 bits per heavy atom. The van der Waals surface area contributed by atoms with Crippen molar-refractivity contribution in [2.24, 2.45) is 5.14 Å². The monoisotopic (exact) mass is 312 g/mol. The molecule has 0 saturated carbocycles. The van der Waals surface area contributed by atoms with Gasteiger partial charge in [-0.25, -0.2) is 13.6 Å². The molecule has 6 heteroatoms. The molecule has 1 aromatic carbocycles. The van der Waals surface area contributed by atoms with Crippen LogP contribution >= 0.6 is 0 Å². The molecule has 5 nitrogen and oxygen atoms in total. The van der Waals surface area contributed by atoms with Crippen molar-refractivity contribution in [3.63, 3.8) is 0 Å². The number of unbranched alkanes of at least 4 members (excludes halogenated alkanes) is 2. The van der Waals surface area contributed by atoms with Crippen LogP contribution in [0.4, 0.5) is 5.69 Å². The first-order chi connectivity index (χ1) is 9.79. The van der Waals surface area contributed by atoms with E-state index in [-0.39, 0.29) is 10.8 Å². The van der Waals surface area contributed by atoms with Crippen molar-refractivity contribution in [2.75, 3.05) is 5.32 Å². The van der Waals surface area contributed by atoms with Crippen molar-refractivity contribution in [3.8, 4) is 0 Å². The van der Waals surface area contributed by atoms with Crippen LogP contribution in [0, 0.1) is 6.92 Å². The third-order valence-electron chi connectivity index (χ3n) is 3.37. The Balaban J connectivity index is 3.00. The normalized spacial score (nSPS) is 11.4. The Morgan fingerprint density at radius 1 is 1.24 bits per heavy atom. The molecule has 3 N–H and O–H groups in total. The zero-order valence-electron chi connectivity index (χ0n) is 12.9. The fourth-order valence-electron chi connectivity index (χ4n) is 2.18. The summed E-state index contributed by atoms with van der Waals surface area (Å²) in [4.78, 5) is 12.0. The molecule has 21 heavy (non-hydrogen) atoms. The minimum absolute atomic E-state index is 0.0374. The summed E-state index contributed by atoms with van der Waals surface area (Å²) < 4.78 is 22.9. The molecule has 0 aliphatic carbocycles. The summed E-state index contributed by atoms with van der Waals surface area (Å²) in [6, 6.07) is 3.03. The van der Waals surface area contributed by atoms with E-state index in [4.69, 9.17) is 5.14 Å². The first-order valence-corrected chi connectivity index (χ1v) is 8.80. The van der Waals surface area contributed by atoms with Gasteiger partial charge in [-0.3, -0.25) is 4.79 Å². The molecule has 0 aromatic heterocycles. The van der Waals surface area contributed by atoms with Crippen molar-refractivity contribution in [2.45, 2.75) is 57.8 Å². The summed E-state index contributed by atoms with van der Waals surface area (Å²) >= 11 is 0. The lowest BCUT2D eigenvalue weighted by molar-refractivity contribution is -0.116. The Bertz CT molecular complexity index is 610. The highest BCUT2D eigenvalue weighted by atomic mass is 32.2. The van der Waals surface area contributed by atoms with Crippen LogP contribution in [0.2, 0.25) is 0 Å². The van der Waals surface area contributed by atoms with E-state index in [9.17, 15) is 13.2 Å². The SMILES string of the molecule is CCCCCC(=O)Nc1c(C)cc(S(N)(=O)=O)cc1CC. The van der Waals surface area contributed by atoms with Gasteiger partial charge < -0.3 is 5.32 Å². The molecule has 0 bridgehead atoms. The van der Waals surface area contributed by atoms with E-state index < -0.39 is 10.0 Å². The summed E-state index contributed by atoms with van der Waals surface area (Å²) in [6.07, 6.45) is 4.05. The number of nitrogens with one attached hydrogen (secondary N) is 1. The molecule has 0 aliphatic heterocycles. The van der Waals surface area contributed by atoms with Gasteiger partial charge in [-0.05, 0) is 43.0 Å². The summed E-state index contributed by atoms with van der Waals surface area (Å²) in [5.41, 5.74) is 2.19. The van der Waals surface area contributed by atoms with Crippen molar-refractivity contribution in [1.82, 2.24) is 0 Å². The van der Waals surface area contributed by atoms with Crippen LogP contribution in [0.1, 0.15) is 50.7 Å². The van der Waals surface area contributed by atoms with Crippen molar-refractivity contribution < 1.29 is 13.2 Å². The van der Waals surface area contributed by atoms with Gasteiger partial charge in [-0.2, -0.15) is 0 Å². The van der Waals surface area contributed by atoms with Crippen molar-refractivity contribution in [1.29, 1.82) is 0 Å². The zero-order chi connectivity index (χ0) is 16.0. The highest BCUT2D eigenvalue weighted by molar-refractivity contribution is 7.89. The lowest BCUT2D eigenvalue weighted by atomic mass is 10.1. The molecule has 0 saturated heterocycles. The topological polar surface area (TPSA) is 89.3 Å². The fraction of sp³-hybridized carbons (Fsp3) is 0.533. The lowest BCUT2D eigenvalue weighted by Gasteiger charge is -2.15. The Hall–Kier alpha value is -1.40. The van der Waals surface area contributed by atoms with Crippen LogP contribution in [0.3, 0.4) is 0 Å². The van der Waals surface area contributed by atoms with Crippen LogP contribution < -0.4 is 10.5 Å². The lowest BCUT2D eigenvalue weighted by Crippen LogP contribution is -2.16. The first kappa shape index (κ1) is 17.7. The quantitative estimate of drug-likeness (QED) is 0.759. The number of anilines is 1. The van der Waals surface area contributed by atoms with E-state index in [0.29, 0.717) is 24.1 Å². The van der Waals surface area contributed by atoms with Crippen LogP contribution in [0.15, 0.2) is 17.0 Å². The van der Waals surface area contributed by atoms with E-state index in [0.717, 1.165) is 24.8 Å². The first-order valence-electron chi connectivity index (χ1n) is 7.25. The maximum atomic E-state index is 11.9. The van der Waals surface area contributed by atoms with Gasteiger partial charge in [-0.1, -0.05) is 26.7 Å². The molecule has 0 heterocycles. The predicted molar refractivity (Wildman–Crippen MR) is 84.7 cm³/mol. The maximum Gasteiger partial charge on any atom is 0.238 e. The minimum atomic E-state index is -3.73. The number of carbonyl (C=O) groups is 1. The molecule has 0 unspecified atom stereocenters. The largest absolute Gasteiger partial charge is 0.326 e. The van der Waals surface area contributed by atoms with Gasteiger partial charge in [0.1, 0.15) is 0 Å². The number of sulfonamides is 1. The summed E-state index contributed by atoms with van der Waals surface area (Å²) in [6.45, 7) is 5.77. The molecule has 0 atom stereocenters. The molecule has 1 aromatic rings. The number of amides is 1. The molecule has 0 fully saturated rings. The number of benzene rings is 1. The van der Waals surface area contributed by atoms with Gasteiger partial charge >= 0.3 is 0 Å². The number of primary sulfonamides is 1. The predicted octanol–water partition coefficient (Wildman–Crippen LogP) is 2.72. The average molecular weight is 312 g/mol. The molecule has 1 rings (SSSR count). The number of aryl methyl sites for hydroxylation is 2. The Morgan fingerprint density at radius 2 is 1.90 bits per heavy atom. The van der Waals surface area contributed by atoms with Crippen LogP contribution in [0.25, 0.3) is 0 Å². The summed E-state index contributed by atoms with van der Waals surface area (Å²) in [5, 5.41) is 8.06. The molecular weight excluding hydrogens is 288 g/mol. The molecule has 118 valence electrons. The molecule has 0 aliphatic rings. The standard InChI is InChI=1S/C15H24N2O3S/c1-4-6-7-8-14(18)17-15-11(3)9-13(21(16,19)20)10-12(15)5-2/h9-10H,4-8H2,1-3H3,(H,17,18)(H2,16,19,20). The number of hydrogen-bond acceptors (Lipinski definition) is 3. The Labute approximate surface area is 127 Å². The molecule has 0 spiro atoms. The highest BCUT2D eigenvalue weighted by Gasteiger charge is 2.15. The third kappa shape index (κ3) is 5.13. The van der Waals surface area contributed by atoms with Gasteiger partial charge in [0, 0.05) is 12.1 Å². The zero-order valence-corrected chi connectivity index (χ0v) is 13.7. The van der Waals surface area contributed by atoms with Crippen LogP contribution in [-0.2, 0) is 21.2 Å². The molecule has 0 radical (unpaired) electrons. The fourth-order valence-corrected chi connectivity index (χ4v) is 2.83. The summed E-state index contributed by atoms with van der Waals surface area (Å²) in [7, 11) is -3.73. The third-order valence-corrected chi connectivity index (χ3v) is 4.26. The second kappa shape index (κ2) is 7.56. The van der Waals surface area contributed by atoms with Crippen LogP contribution in [0.5, 0.6) is 0 Å². The average Bonchev–Trinajstić information content (AvgIpc) is 2.39. The van der Waals surface area contributed by atoms with Gasteiger partial charge in [0.25, 0.3) is 0 Å². The summed E-state index contributed by atoms with van der Waals surface area (Å²) in [5.74, 6) is -0.0374. The van der Waals surface area contributed by atoms with E-state index in [1.807, 2.05) is 6.92 Å². The Kier molecular flexibility index (Phi) is 6.36. The van der Waals surface area contributed by atoms with Gasteiger partial charge in [0.15, 0.2) is 0 Å². The van der Waals surface area contributed by atoms with Gasteiger partial charge in [0.05, 0.1) is 4.90 Å². The highest BCUT2D eigenvalue weighted by Crippen LogP contribution is 2.25. The second-order valence-corrected chi connectivity index (χ2v) is 6.74. The molecular formula is C15H24N2O3S. The molecule has 1 amide bonds. The number of carbonyl (C=O) groups excluding carboxylic acids is 1. The van der Waals surface area contributed by atoms with Gasteiger partial charge in [-0.15, -0.1) is 0 Å². The number of nitrogens with two attached hydrogens (primary N) is 1. The maximum absolute atomic E-state index is 11.9. The van der Waals surface area contributed by atoms with E-state index >= 15 is 0 Å². The minimum Gasteiger partial charge on any atom is -0.326 e. The second-order valence-electron chi connectivity index (χ2n) is 5.18. The van der Waals surface area contributed by atoms with Gasteiger partial charge in [0.2, 0.25) is 15.9 Å². The smallest absolute Gasteiger partial charge is 0.238 e. The van der Waals surface area contributed by atoms with Crippen LogP contribution in [-0.4, -0.2) is 14.3 Å².